The summed E-state index contributed by atoms with van der Waals surface area (Å²) in [6.45, 7) is 4.75. The summed E-state index contributed by atoms with van der Waals surface area (Å²) < 4.78 is 0.941. The number of rotatable bonds is 9. The fraction of sp³-hybridized carbons (Fsp3) is 0.364. The van der Waals surface area contributed by atoms with Crippen LogP contribution in [-0.2, 0) is 22.6 Å². The average Bonchev–Trinajstić information content (AvgIpc) is 2.69. The zero-order valence-electron chi connectivity index (χ0n) is 16.3. The van der Waals surface area contributed by atoms with E-state index < -0.39 is 6.04 Å². The third-order valence-corrected chi connectivity index (χ3v) is 5.39. The lowest BCUT2D eigenvalue weighted by molar-refractivity contribution is -0.140. The molecule has 0 bridgehead atoms. The molecule has 0 fully saturated rings. The van der Waals surface area contributed by atoms with Gasteiger partial charge in [-0.05, 0) is 49.1 Å². The maximum atomic E-state index is 13.0. The third kappa shape index (κ3) is 6.64. The highest BCUT2D eigenvalue weighted by molar-refractivity contribution is 9.10. The summed E-state index contributed by atoms with van der Waals surface area (Å²) in [4.78, 5) is 27.2. The Hall–Kier alpha value is -1.85. The van der Waals surface area contributed by atoms with Gasteiger partial charge in [-0.2, -0.15) is 0 Å². The van der Waals surface area contributed by atoms with Gasteiger partial charge in [0.25, 0.3) is 0 Å². The van der Waals surface area contributed by atoms with Gasteiger partial charge in [-0.3, -0.25) is 9.59 Å². The van der Waals surface area contributed by atoms with Gasteiger partial charge in [-0.15, -0.1) is 0 Å². The molecule has 0 radical (unpaired) electrons. The number of nitrogens with zero attached hydrogens (tertiary/aromatic N) is 1. The minimum Gasteiger partial charge on any atom is -0.354 e. The van der Waals surface area contributed by atoms with Gasteiger partial charge in [0.05, 0.1) is 0 Å². The zero-order valence-corrected chi connectivity index (χ0v) is 18.6. The molecule has 2 amide bonds. The van der Waals surface area contributed by atoms with Crippen molar-refractivity contribution in [3.05, 3.63) is 69.2 Å². The highest BCUT2D eigenvalue weighted by Gasteiger charge is 2.25. The van der Waals surface area contributed by atoms with Crippen molar-refractivity contribution in [1.82, 2.24) is 10.2 Å². The van der Waals surface area contributed by atoms with E-state index in [-0.39, 0.29) is 11.8 Å². The average molecular weight is 466 g/mol. The summed E-state index contributed by atoms with van der Waals surface area (Å²) >= 11 is 9.67. The number of aryl methyl sites for hydroxylation is 1. The van der Waals surface area contributed by atoms with E-state index in [9.17, 15) is 9.59 Å². The molecule has 6 heteroatoms. The molecule has 150 valence electrons. The molecule has 2 rings (SSSR count). The minimum absolute atomic E-state index is 0.0703. The van der Waals surface area contributed by atoms with Crippen molar-refractivity contribution in [1.29, 1.82) is 0 Å². The van der Waals surface area contributed by atoms with Crippen molar-refractivity contribution in [3.63, 3.8) is 0 Å². The van der Waals surface area contributed by atoms with E-state index in [0.29, 0.717) is 31.0 Å². The van der Waals surface area contributed by atoms with Crippen LogP contribution in [-0.4, -0.2) is 29.3 Å². The van der Waals surface area contributed by atoms with Gasteiger partial charge >= 0.3 is 0 Å². The number of carbonyl (C=O) groups is 2. The quantitative estimate of drug-likeness (QED) is 0.568. The minimum atomic E-state index is -0.552. The Bertz CT molecular complexity index is 813. The van der Waals surface area contributed by atoms with Crippen LogP contribution in [0.5, 0.6) is 0 Å². The fourth-order valence-electron chi connectivity index (χ4n) is 2.90. The Morgan fingerprint density at radius 1 is 1.18 bits per heavy atom. The Labute approximate surface area is 180 Å². The van der Waals surface area contributed by atoms with Gasteiger partial charge in [0.15, 0.2) is 0 Å². The summed E-state index contributed by atoms with van der Waals surface area (Å²) in [7, 11) is 0. The molecule has 0 aromatic heterocycles. The molecule has 0 aliphatic rings. The number of carbonyl (C=O) groups excluding carboxylic acids is 2. The standard InChI is InChI=1S/C22H26BrClN2O2/c1-3-13-25-22(28)16(2)26(15-17-7-6-9-19(23)14-17)21(27)12-11-18-8-4-5-10-20(18)24/h4-10,14,16H,3,11-13,15H2,1-2H3,(H,25,28). The number of amides is 2. The van der Waals surface area contributed by atoms with E-state index in [4.69, 9.17) is 11.6 Å². The molecule has 0 aliphatic carbocycles. The molecular formula is C22H26BrClN2O2. The summed E-state index contributed by atoms with van der Waals surface area (Å²) in [5.74, 6) is -0.206. The van der Waals surface area contributed by atoms with Crippen molar-refractivity contribution >= 4 is 39.3 Å². The molecule has 0 spiro atoms. The van der Waals surface area contributed by atoms with E-state index in [1.807, 2.05) is 55.5 Å². The summed E-state index contributed by atoms with van der Waals surface area (Å²) in [5.41, 5.74) is 1.90. The lowest BCUT2D eigenvalue weighted by atomic mass is 10.1. The Balaban J connectivity index is 2.14. The molecule has 0 heterocycles. The molecule has 2 aromatic rings. The topological polar surface area (TPSA) is 49.4 Å². The van der Waals surface area contributed by atoms with Crippen LogP contribution in [0.1, 0.15) is 37.8 Å². The Kier molecular flexibility index (Phi) is 9.00. The van der Waals surface area contributed by atoms with Gasteiger partial charge in [-0.25, -0.2) is 0 Å². The van der Waals surface area contributed by atoms with Crippen molar-refractivity contribution in [3.8, 4) is 0 Å². The van der Waals surface area contributed by atoms with Crippen LogP contribution in [0.2, 0.25) is 5.02 Å². The molecule has 28 heavy (non-hydrogen) atoms. The van der Waals surface area contributed by atoms with E-state index in [2.05, 4.69) is 21.2 Å². The van der Waals surface area contributed by atoms with E-state index in [1.54, 1.807) is 11.8 Å². The SMILES string of the molecule is CCCNC(=O)C(C)N(Cc1cccc(Br)c1)C(=O)CCc1ccccc1Cl. The van der Waals surface area contributed by atoms with E-state index in [0.717, 1.165) is 22.0 Å². The van der Waals surface area contributed by atoms with Crippen LogP contribution < -0.4 is 5.32 Å². The van der Waals surface area contributed by atoms with Crippen molar-refractivity contribution < 1.29 is 9.59 Å². The maximum Gasteiger partial charge on any atom is 0.242 e. The molecule has 4 nitrogen and oxygen atoms in total. The molecule has 2 aromatic carbocycles. The predicted octanol–water partition coefficient (Wildman–Crippen LogP) is 4.98. The number of halogens is 2. The first-order valence-corrected chi connectivity index (χ1v) is 10.6. The van der Waals surface area contributed by atoms with Crippen LogP contribution in [0, 0.1) is 0 Å². The molecule has 1 atom stereocenters. The fourth-order valence-corrected chi connectivity index (χ4v) is 3.57. The Morgan fingerprint density at radius 2 is 1.93 bits per heavy atom. The first-order chi connectivity index (χ1) is 13.4. The molecule has 0 saturated heterocycles. The normalized spacial score (nSPS) is 11.7. The first-order valence-electron chi connectivity index (χ1n) is 9.47. The summed E-state index contributed by atoms with van der Waals surface area (Å²) in [6, 6.07) is 14.7. The predicted molar refractivity (Wildman–Crippen MR) is 117 cm³/mol. The second kappa shape index (κ2) is 11.2. The molecular weight excluding hydrogens is 440 g/mol. The maximum absolute atomic E-state index is 13.0. The monoisotopic (exact) mass is 464 g/mol. The number of benzene rings is 2. The Morgan fingerprint density at radius 3 is 2.61 bits per heavy atom. The summed E-state index contributed by atoms with van der Waals surface area (Å²) in [5, 5.41) is 3.54. The van der Waals surface area contributed by atoms with Crippen LogP contribution in [0.4, 0.5) is 0 Å². The molecule has 0 saturated carbocycles. The molecule has 0 aliphatic heterocycles. The van der Waals surface area contributed by atoms with Crippen LogP contribution >= 0.6 is 27.5 Å². The van der Waals surface area contributed by atoms with Crippen molar-refractivity contribution in [2.45, 2.75) is 45.7 Å². The van der Waals surface area contributed by atoms with Gasteiger partial charge in [0.2, 0.25) is 11.8 Å². The second-order valence-electron chi connectivity index (χ2n) is 6.71. The van der Waals surface area contributed by atoms with Crippen LogP contribution in [0.3, 0.4) is 0 Å². The largest absolute Gasteiger partial charge is 0.354 e. The second-order valence-corrected chi connectivity index (χ2v) is 8.03. The van der Waals surface area contributed by atoms with Gasteiger partial charge in [0, 0.05) is 29.0 Å². The van der Waals surface area contributed by atoms with Crippen LogP contribution in [0.25, 0.3) is 0 Å². The van der Waals surface area contributed by atoms with Crippen molar-refractivity contribution in [2.75, 3.05) is 6.54 Å². The highest BCUT2D eigenvalue weighted by Crippen LogP contribution is 2.19. The molecule has 1 N–H and O–H groups in total. The number of nitrogens with one attached hydrogen (secondary N) is 1. The van der Waals surface area contributed by atoms with Crippen LogP contribution in [0.15, 0.2) is 53.0 Å². The third-order valence-electron chi connectivity index (χ3n) is 4.52. The van der Waals surface area contributed by atoms with Gasteiger partial charge in [-0.1, -0.05) is 64.8 Å². The smallest absolute Gasteiger partial charge is 0.242 e. The van der Waals surface area contributed by atoms with Crippen molar-refractivity contribution in [2.24, 2.45) is 0 Å². The number of hydrogen-bond donors (Lipinski definition) is 1. The lowest BCUT2D eigenvalue weighted by Crippen LogP contribution is -2.47. The molecule has 1 unspecified atom stereocenters. The lowest BCUT2D eigenvalue weighted by Gasteiger charge is -2.29. The van der Waals surface area contributed by atoms with E-state index in [1.165, 1.54) is 0 Å². The van der Waals surface area contributed by atoms with E-state index >= 15 is 0 Å². The summed E-state index contributed by atoms with van der Waals surface area (Å²) in [6.07, 6.45) is 1.68. The highest BCUT2D eigenvalue weighted by atomic mass is 79.9. The van der Waals surface area contributed by atoms with Gasteiger partial charge in [0.1, 0.15) is 6.04 Å². The number of hydrogen-bond acceptors (Lipinski definition) is 2. The first kappa shape index (κ1) is 22.4. The zero-order chi connectivity index (χ0) is 20.5. The van der Waals surface area contributed by atoms with Gasteiger partial charge < -0.3 is 10.2 Å².